The highest BCUT2D eigenvalue weighted by atomic mass is 16.2. The molecule has 0 bridgehead atoms. The number of piperidine rings is 1. The van der Waals surface area contributed by atoms with Crippen LogP contribution in [0.15, 0.2) is 66.7 Å². The van der Waals surface area contributed by atoms with Crippen LogP contribution in [0.1, 0.15) is 62.1 Å². The second kappa shape index (κ2) is 12.2. The van der Waals surface area contributed by atoms with Gasteiger partial charge in [-0.25, -0.2) is 4.68 Å². The molecule has 2 heterocycles. The van der Waals surface area contributed by atoms with Crippen molar-refractivity contribution in [2.45, 2.75) is 63.3 Å². The molecule has 7 nitrogen and oxygen atoms in total. The average Bonchev–Trinajstić information content (AvgIpc) is 3.60. The largest absolute Gasteiger partial charge is 0.353 e. The fraction of sp³-hybridized carbons (Fsp3) is 0.433. The summed E-state index contributed by atoms with van der Waals surface area (Å²) in [7, 11) is 0. The highest BCUT2D eigenvalue weighted by Crippen LogP contribution is 2.35. The Kier molecular flexibility index (Phi) is 8.31. The molecule has 1 aliphatic heterocycles. The number of nitrogens with one attached hydrogen (secondary N) is 2. The Balaban J connectivity index is 1.11. The number of rotatable bonds is 9. The fourth-order valence-corrected chi connectivity index (χ4v) is 5.50. The van der Waals surface area contributed by atoms with Gasteiger partial charge in [0.05, 0.1) is 17.9 Å². The van der Waals surface area contributed by atoms with Crippen molar-refractivity contribution < 1.29 is 9.59 Å². The third-order valence-corrected chi connectivity index (χ3v) is 7.57. The number of aromatic nitrogens is 2. The summed E-state index contributed by atoms with van der Waals surface area (Å²) in [4.78, 5) is 27.6. The summed E-state index contributed by atoms with van der Waals surface area (Å²) in [6.07, 6.45) is 7.80. The SMILES string of the molecule is O=C(CN1CCC(NC(=O)CCc2ccccc2)CC1)Nc1cc(C2CCCC2)nn1-c1ccccc1. The molecule has 1 saturated carbocycles. The number of anilines is 1. The lowest BCUT2D eigenvalue weighted by atomic mass is 10.0. The molecule has 194 valence electrons. The fourth-order valence-electron chi connectivity index (χ4n) is 5.50. The van der Waals surface area contributed by atoms with Gasteiger partial charge in [-0.2, -0.15) is 5.10 Å². The van der Waals surface area contributed by atoms with Gasteiger partial charge in [0.25, 0.3) is 0 Å². The van der Waals surface area contributed by atoms with E-state index in [9.17, 15) is 9.59 Å². The van der Waals surface area contributed by atoms with E-state index in [1.54, 1.807) is 0 Å². The maximum atomic E-state index is 13.0. The molecule has 7 heteroatoms. The molecule has 2 aliphatic rings. The second-order valence-electron chi connectivity index (χ2n) is 10.3. The van der Waals surface area contributed by atoms with E-state index in [0.717, 1.165) is 62.4 Å². The Hall–Kier alpha value is -3.45. The first-order valence-electron chi connectivity index (χ1n) is 13.6. The van der Waals surface area contributed by atoms with Crippen molar-refractivity contribution in [3.8, 4) is 5.69 Å². The van der Waals surface area contributed by atoms with Gasteiger partial charge in [0.2, 0.25) is 11.8 Å². The minimum atomic E-state index is -0.0274. The number of benzene rings is 2. The zero-order chi connectivity index (χ0) is 25.5. The minimum Gasteiger partial charge on any atom is -0.353 e. The van der Waals surface area contributed by atoms with Crippen LogP contribution in [0, 0.1) is 0 Å². The Morgan fingerprint density at radius 2 is 1.54 bits per heavy atom. The summed E-state index contributed by atoms with van der Waals surface area (Å²) in [5, 5.41) is 11.2. The van der Waals surface area contributed by atoms with Gasteiger partial charge in [0, 0.05) is 37.5 Å². The van der Waals surface area contributed by atoms with Gasteiger partial charge < -0.3 is 10.6 Å². The molecule has 37 heavy (non-hydrogen) atoms. The van der Waals surface area contributed by atoms with E-state index in [2.05, 4.69) is 33.7 Å². The normalized spacial score (nSPS) is 17.1. The number of aryl methyl sites for hydroxylation is 1. The summed E-state index contributed by atoms with van der Waals surface area (Å²) in [5.74, 6) is 1.29. The van der Waals surface area contributed by atoms with Crippen LogP contribution in [0.4, 0.5) is 5.82 Å². The van der Waals surface area contributed by atoms with Crippen LogP contribution < -0.4 is 10.6 Å². The Morgan fingerprint density at radius 1 is 0.865 bits per heavy atom. The lowest BCUT2D eigenvalue weighted by molar-refractivity contribution is -0.122. The van der Waals surface area contributed by atoms with E-state index in [0.29, 0.717) is 18.9 Å². The molecule has 1 saturated heterocycles. The van der Waals surface area contributed by atoms with Crippen molar-refractivity contribution in [1.82, 2.24) is 20.0 Å². The Bertz CT molecular complexity index is 1160. The first kappa shape index (κ1) is 25.2. The highest BCUT2D eigenvalue weighted by Gasteiger charge is 2.25. The van der Waals surface area contributed by atoms with E-state index in [4.69, 9.17) is 5.10 Å². The van der Waals surface area contributed by atoms with E-state index in [-0.39, 0.29) is 17.9 Å². The van der Waals surface area contributed by atoms with Crippen LogP contribution in [-0.2, 0) is 16.0 Å². The molecule has 0 spiro atoms. The van der Waals surface area contributed by atoms with Crippen LogP contribution in [0.25, 0.3) is 5.69 Å². The van der Waals surface area contributed by atoms with Gasteiger partial charge in [-0.05, 0) is 49.8 Å². The topological polar surface area (TPSA) is 79.3 Å². The van der Waals surface area contributed by atoms with Gasteiger partial charge in [0.1, 0.15) is 5.82 Å². The van der Waals surface area contributed by atoms with Crippen LogP contribution in [0.3, 0.4) is 0 Å². The molecular formula is C30H37N5O2. The molecule has 1 aromatic heterocycles. The number of amides is 2. The summed E-state index contributed by atoms with van der Waals surface area (Å²) in [6.45, 7) is 1.93. The van der Waals surface area contributed by atoms with Gasteiger partial charge in [-0.15, -0.1) is 0 Å². The van der Waals surface area contributed by atoms with Crippen molar-refractivity contribution in [3.05, 3.63) is 78.0 Å². The van der Waals surface area contributed by atoms with Crippen LogP contribution >= 0.6 is 0 Å². The van der Waals surface area contributed by atoms with Crippen molar-refractivity contribution in [2.75, 3.05) is 25.0 Å². The summed E-state index contributed by atoms with van der Waals surface area (Å²) < 4.78 is 1.86. The summed E-state index contributed by atoms with van der Waals surface area (Å²) >= 11 is 0. The molecule has 0 unspecified atom stereocenters. The lowest BCUT2D eigenvalue weighted by Crippen LogP contribution is -2.46. The predicted molar refractivity (Wildman–Crippen MR) is 146 cm³/mol. The first-order valence-corrected chi connectivity index (χ1v) is 13.6. The zero-order valence-electron chi connectivity index (χ0n) is 21.4. The quantitative estimate of drug-likeness (QED) is 0.448. The van der Waals surface area contributed by atoms with Gasteiger partial charge >= 0.3 is 0 Å². The van der Waals surface area contributed by atoms with E-state index >= 15 is 0 Å². The maximum Gasteiger partial charge on any atom is 0.239 e. The first-order chi connectivity index (χ1) is 18.1. The number of hydrogen-bond donors (Lipinski definition) is 2. The molecule has 2 aromatic carbocycles. The smallest absolute Gasteiger partial charge is 0.239 e. The predicted octanol–water partition coefficient (Wildman–Crippen LogP) is 4.68. The Labute approximate surface area is 219 Å². The van der Waals surface area contributed by atoms with E-state index in [1.807, 2.05) is 53.2 Å². The van der Waals surface area contributed by atoms with Gasteiger partial charge in [0.15, 0.2) is 0 Å². The van der Waals surface area contributed by atoms with E-state index in [1.165, 1.54) is 18.4 Å². The lowest BCUT2D eigenvalue weighted by Gasteiger charge is -2.31. The minimum absolute atomic E-state index is 0.0274. The van der Waals surface area contributed by atoms with Crippen LogP contribution in [-0.4, -0.2) is 52.2 Å². The molecule has 2 fully saturated rings. The van der Waals surface area contributed by atoms with Crippen LogP contribution in [0.5, 0.6) is 0 Å². The van der Waals surface area contributed by atoms with E-state index < -0.39 is 0 Å². The maximum absolute atomic E-state index is 13.0. The third-order valence-electron chi connectivity index (χ3n) is 7.57. The molecule has 1 aliphatic carbocycles. The third kappa shape index (κ3) is 6.86. The monoisotopic (exact) mass is 499 g/mol. The van der Waals surface area contributed by atoms with Crippen molar-refractivity contribution in [2.24, 2.45) is 0 Å². The second-order valence-corrected chi connectivity index (χ2v) is 10.3. The molecular weight excluding hydrogens is 462 g/mol. The van der Waals surface area contributed by atoms with Crippen LogP contribution in [0.2, 0.25) is 0 Å². The van der Waals surface area contributed by atoms with Crippen molar-refractivity contribution in [3.63, 3.8) is 0 Å². The highest BCUT2D eigenvalue weighted by molar-refractivity contribution is 5.91. The van der Waals surface area contributed by atoms with Gasteiger partial charge in [-0.3, -0.25) is 14.5 Å². The van der Waals surface area contributed by atoms with Crippen molar-refractivity contribution in [1.29, 1.82) is 0 Å². The number of carbonyl (C=O) groups is 2. The number of para-hydroxylation sites is 1. The summed E-state index contributed by atoms with van der Waals surface area (Å²) in [5.41, 5.74) is 3.20. The molecule has 2 amide bonds. The number of nitrogens with zero attached hydrogens (tertiary/aromatic N) is 3. The zero-order valence-corrected chi connectivity index (χ0v) is 21.4. The standard InChI is InChI=1S/C30H37N5O2/c36-29(16-15-23-9-3-1-4-10-23)31-25-17-19-34(20-18-25)22-30(37)32-28-21-27(24-11-7-8-12-24)33-35(28)26-13-5-2-6-14-26/h1-6,9-10,13-14,21,24-25H,7-8,11-12,15-20,22H2,(H,31,36)(H,32,37). The van der Waals surface area contributed by atoms with Gasteiger partial charge in [-0.1, -0.05) is 61.4 Å². The molecule has 3 aromatic rings. The Morgan fingerprint density at radius 3 is 2.24 bits per heavy atom. The van der Waals surface area contributed by atoms with Crippen molar-refractivity contribution >= 4 is 17.6 Å². The molecule has 0 atom stereocenters. The number of carbonyl (C=O) groups excluding carboxylic acids is 2. The summed E-state index contributed by atoms with van der Waals surface area (Å²) in [6, 6.07) is 22.3. The molecule has 2 N–H and O–H groups in total. The number of likely N-dealkylation sites (tertiary alicyclic amines) is 1. The average molecular weight is 500 g/mol. The molecule has 5 rings (SSSR count). The molecule has 0 radical (unpaired) electrons. The number of hydrogen-bond acceptors (Lipinski definition) is 4.